The lowest BCUT2D eigenvalue weighted by Gasteiger charge is -2.08. The van der Waals surface area contributed by atoms with E-state index in [1.807, 2.05) is 0 Å². The van der Waals surface area contributed by atoms with E-state index in [0.29, 0.717) is 0 Å². The highest BCUT2D eigenvalue weighted by Crippen LogP contribution is 2.29. The van der Waals surface area contributed by atoms with Crippen molar-refractivity contribution in [2.45, 2.75) is 6.10 Å². The van der Waals surface area contributed by atoms with Crippen molar-refractivity contribution < 1.29 is 24.7 Å². The molecular formula is C9H9NO6. The lowest BCUT2D eigenvalue weighted by atomic mass is 10.1. The highest BCUT2D eigenvalue weighted by Gasteiger charge is 2.26. The minimum absolute atomic E-state index is 0.237. The fraction of sp³-hybridized carbons (Fsp3) is 0.222. The molecule has 0 aromatic heterocycles. The fourth-order valence-corrected chi connectivity index (χ4v) is 1.18. The molecule has 0 amide bonds. The van der Waals surface area contributed by atoms with Crippen LogP contribution >= 0.6 is 0 Å². The molecule has 0 radical (unpaired) electrons. The fourth-order valence-electron chi connectivity index (χ4n) is 1.18. The molecule has 0 heterocycles. The summed E-state index contributed by atoms with van der Waals surface area (Å²) < 4.78 is 4.79. The Balaban J connectivity index is 3.30. The van der Waals surface area contributed by atoms with Crippen LogP contribution in [0.4, 0.5) is 5.69 Å². The maximum Gasteiger partial charge on any atom is 0.337 e. The van der Waals surface area contributed by atoms with Crippen molar-refractivity contribution in [1.29, 1.82) is 0 Å². The number of carbonyl (C=O) groups is 1. The summed E-state index contributed by atoms with van der Waals surface area (Å²) in [5.74, 6) is -1.32. The zero-order valence-electron chi connectivity index (χ0n) is 8.28. The number of nitro groups is 1. The van der Waals surface area contributed by atoms with Crippen LogP contribution in [0.5, 0.6) is 5.75 Å². The van der Waals surface area contributed by atoms with E-state index >= 15 is 0 Å². The molecular weight excluding hydrogens is 218 g/mol. The van der Waals surface area contributed by atoms with E-state index < -0.39 is 22.7 Å². The lowest BCUT2D eigenvalue weighted by molar-refractivity contribution is -0.386. The van der Waals surface area contributed by atoms with Gasteiger partial charge < -0.3 is 14.9 Å². The first kappa shape index (κ1) is 11.9. The van der Waals surface area contributed by atoms with Crippen LogP contribution in [0.15, 0.2) is 18.2 Å². The van der Waals surface area contributed by atoms with E-state index in [1.165, 1.54) is 13.2 Å². The molecule has 2 N–H and O–H groups in total. The van der Waals surface area contributed by atoms with Gasteiger partial charge in [-0.05, 0) is 12.1 Å². The second-order valence-electron chi connectivity index (χ2n) is 2.92. The highest BCUT2D eigenvalue weighted by molar-refractivity contribution is 5.76. The van der Waals surface area contributed by atoms with E-state index in [-0.39, 0.29) is 11.3 Å². The van der Waals surface area contributed by atoms with Gasteiger partial charge in [-0.3, -0.25) is 10.1 Å². The van der Waals surface area contributed by atoms with E-state index in [0.717, 1.165) is 12.1 Å². The van der Waals surface area contributed by atoms with Crippen LogP contribution < -0.4 is 4.74 Å². The molecule has 0 aliphatic carbocycles. The van der Waals surface area contributed by atoms with Crippen molar-refractivity contribution in [3.8, 4) is 5.75 Å². The summed E-state index contributed by atoms with van der Waals surface area (Å²) in [6.45, 7) is 0. The van der Waals surface area contributed by atoms with Gasteiger partial charge in [0.1, 0.15) is 5.75 Å². The predicted molar refractivity (Wildman–Crippen MR) is 52.2 cm³/mol. The zero-order chi connectivity index (χ0) is 12.3. The molecule has 16 heavy (non-hydrogen) atoms. The predicted octanol–water partition coefficient (Wildman–Crippen LogP) is 0.721. The minimum Gasteiger partial charge on any atom is -0.497 e. The van der Waals surface area contributed by atoms with Gasteiger partial charge in [-0.1, -0.05) is 0 Å². The molecule has 7 heteroatoms. The topological polar surface area (TPSA) is 110 Å². The number of carboxylic acid groups (broad SMARTS) is 1. The summed E-state index contributed by atoms with van der Waals surface area (Å²) in [6.07, 6.45) is -1.95. The van der Waals surface area contributed by atoms with Crippen LogP contribution in [0.1, 0.15) is 11.7 Å². The van der Waals surface area contributed by atoms with E-state index in [1.54, 1.807) is 0 Å². The molecule has 0 aliphatic rings. The number of rotatable bonds is 4. The third-order valence-electron chi connectivity index (χ3n) is 1.96. The number of ether oxygens (including phenoxy) is 1. The van der Waals surface area contributed by atoms with Crippen LogP contribution in [-0.2, 0) is 4.79 Å². The Kier molecular flexibility index (Phi) is 3.41. The number of nitrogens with zero attached hydrogens (tertiary/aromatic N) is 1. The Morgan fingerprint density at radius 3 is 2.62 bits per heavy atom. The van der Waals surface area contributed by atoms with E-state index in [4.69, 9.17) is 9.84 Å². The molecule has 0 fully saturated rings. The Labute approximate surface area is 90.0 Å². The Morgan fingerprint density at radius 1 is 1.56 bits per heavy atom. The lowest BCUT2D eigenvalue weighted by Crippen LogP contribution is -2.12. The molecule has 1 atom stereocenters. The van der Waals surface area contributed by atoms with Crippen LogP contribution in [0.3, 0.4) is 0 Å². The molecule has 0 spiro atoms. The van der Waals surface area contributed by atoms with Crippen molar-refractivity contribution in [3.05, 3.63) is 33.9 Å². The van der Waals surface area contributed by atoms with Gasteiger partial charge in [0.15, 0.2) is 6.10 Å². The first-order valence-corrected chi connectivity index (χ1v) is 4.20. The molecule has 0 saturated carbocycles. The number of aliphatic hydroxyl groups excluding tert-OH is 1. The van der Waals surface area contributed by atoms with Crippen molar-refractivity contribution in [1.82, 2.24) is 0 Å². The van der Waals surface area contributed by atoms with Crippen molar-refractivity contribution >= 4 is 11.7 Å². The van der Waals surface area contributed by atoms with Gasteiger partial charge >= 0.3 is 5.97 Å². The van der Waals surface area contributed by atoms with Crippen molar-refractivity contribution in [3.63, 3.8) is 0 Å². The van der Waals surface area contributed by atoms with Crippen molar-refractivity contribution in [2.75, 3.05) is 7.11 Å². The zero-order valence-corrected chi connectivity index (χ0v) is 8.28. The Bertz CT molecular complexity index is 430. The number of hydrogen-bond acceptors (Lipinski definition) is 5. The second kappa shape index (κ2) is 4.58. The standard InChI is InChI=1S/C9H9NO6/c1-16-5-2-3-7(10(14)15)6(4-5)8(11)9(12)13/h2-4,8,11H,1H3,(H,12,13). The molecule has 86 valence electrons. The second-order valence-corrected chi connectivity index (χ2v) is 2.92. The first-order valence-electron chi connectivity index (χ1n) is 4.20. The van der Waals surface area contributed by atoms with Crippen LogP contribution in [0.25, 0.3) is 0 Å². The van der Waals surface area contributed by atoms with Crippen LogP contribution in [0.2, 0.25) is 0 Å². The molecule has 0 aliphatic heterocycles. The monoisotopic (exact) mass is 227 g/mol. The third kappa shape index (κ3) is 2.26. The number of aliphatic hydroxyl groups is 1. The number of benzene rings is 1. The Morgan fingerprint density at radius 2 is 2.19 bits per heavy atom. The van der Waals surface area contributed by atoms with Gasteiger partial charge in [0.25, 0.3) is 5.69 Å². The number of nitro benzene ring substituents is 1. The summed E-state index contributed by atoms with van der Waals surface area (Å²) in [7, 11) is 1.33. The SMILES string of the molecule is COc1ccc([N+](=O)[O-])c(C(O)C(=O)O)c1. The number of carboxylic acids is 1. The summed E-state index contributed by atoms with van der Waals surface area (Å²) in [5, 5.41) is 28.5. The molecule has 1 aromatic carbocycles. The maximum absolute atomic E-state index is 10.6. The normalized spacial score (nSPS) is 11.9. The summed E-state index contributed by atoms with van der Waals surface area (Å²) in [5.41, 5.74) is -0.771. The molecule has 7 nitrogen and oxygen atoms in total. The smallest absolute Gasteiger partial charge is 0.337 e. The van der Waals surface area contributed by atoms with Gasteiger partial charge in [-0.15, -0.1) is 0 Å². The minimum atomic E-state index is -1.95. The molecule has 0 bridgehead atoms. The van der Waals surface area contributed by atoms with Gasteiger partial charge in [0.05, 0.1) is 17.6 Å². The molecule has 1 rings (SSSR count). The number of methoxy groups -OCH3 is 1. The molecule has 1 unspecified atom stereocenters. The van der Waals surface area contributed by atoms with Crippen LogP contribution in [0, 0.1) is 10.1 Å². The van der Waals surface area contributed by atoms with Gasteiger partial charge in [0, 0.05) is 6.07 Å². The molecule has 1 aromatic rings. The first-order chi connectivity index (χ1) is 7.47. The Hall–Kier alpha value is -2.15. The highest BCUT2D eigenvalue weighted by atomic mass is 16.6. The average molecular weight is 227 g/mol. The van der Waals surface area contributed by atoms with Gasteiger partial charge in [-0.25, -0.2) is 4.79 Å². The largest absolute Gasteiger partial charge is 0.497 e. The number of aliphatic carboxylic acids is 1. The average Bonchev–Trinajstić information content (AvgIpc) is 2.26. The maximum atomic E-state index is 10.6. The van der Waals surface area contributed by atoms with E-state index in [2.05, 4.69) is 0 Å². The van der Waals surface area contributed by atoms with E-state index in [9.17, 15) is 20.0 Å². The van der Waals surface area contributed by atoms with Gasteiger partial charge in [-0.2, -0.15) is 0 Å². The number of hydrogen-bond donors (Lipinski definition) is 2. The van der Waals surface area contributed by atoms with Crippen LogP contribution in [-0.4, -0.2) is 28.2 Å². The molecule has 0 saturated heterocycles. The summed E-state index contributed by atoms with van der Waals surface area (Å²) in [4.78, 5) is 20.4. The summed E-state index contributed by atoms with van der Waals surface area (Å²) in [6, 6.07) is 3.52. The summed E-state index contributed by atoms with van der Waals surface area (Å²) >= 11 is 0. The van der Waals surface area contributed by atoms with Crippen molar-refractivity contribution in [2.24, 2.45) is 0 Å². The quantitative estimate of drug-likeness (QED) is 0.579. The van der Waals surface area contributed by atoms with Gasteiger partial charge in [0.2, 0.25) is 0 Å². The third-order valence-corrected chi connectivity index (χ3v) is 1.96.